The molecule has 26 heavy (non-hydrogen) atoms. The van der Waals surface area contributed by atoms with Crippen molar-refractivity contribution >= 4 is 33.6 Å². The van der Waals surface area contributed by atoms with Gasteiger partial charge >= 0.3 is 6.03 Å². The maximum Gasteiger partial charge on any atom is 0.321 e. The van der Waals surface area contributed by atoms with Crippen LogP contribution in [0, 0.1) is 0 Å². The standard InChI is InChI=1S/C16H23ClN4O4S/c1-2-6-18-16(23)19-15(22)12-20-7-9-21(10-8-20)26(24,25)14-5-3-4-13(17)11-14/h3-5,11H,2,6-10,12H2,1H3,(H2,18,19,22,23)/p+1. The van der Waals surface area contributed by atoms with Gasteiger partial charge in [0.25, 0.3) is 5.91 Å². The number of hydrogen-bond acceptors (Lipinski definition) is 4. The quantitative estimate of drug-likeness (QED) is 0.594. The molecule has 0 aliphatic carbocycles. The third kappa shape index (κ3) is 5.66. The van der Waals surface area contributed by atoms with Crippen molar-refractivity contribution < 1.29 is 22.9 Å². The number of quaternary nitrogens is 1. The van der Waals surface area contributed by atoms with Gasteiger partial charge in [-0.3, -0.25) is 10.1 Å². The summed E-state index contributed by atoms with van der Waals surface area (Å²) < 4.78 is 26.7. The summed E-state index contributed by atoms with van der Waals surface area (Å²) in [4.78, 5) is 24.5. The van der Waals surface area contributed by atoms with E-state index in [-0.39, 0.29) is 17.3 Å². The minimum Gasteiger partial charge on any atom is -0.338 e. The fraction of sp³-hybridized carbons (Fsp3) is 0.500. The Morgan fingerprint density at radius 3 is 2.58 bits per heavy atom. The van der Waals surface area contributed by atoms with Gasteiger partial charge in [0.2, 0.25) is 10.0 Å². The second-order valence-corrected chi connectivity index (χ2v) is 8.47. The smallest absolute Gasteiger partial charge is 0.321 e. The maximum atomic E-state index is 12.6. The van der Waals surface area contributed by atoms with Crippen molar-refractivity contribution in [2.45, 2.75) is 18.2 Å². The Morgan fingerprint density at radius 2 is 1.96 bits per heavy atom. The van der Waals surface area contributed by atoms with E-state index in [1.54, 1.807) is 12.1 Å². The molecular formula is C16H24ClN4O4S+. The molecule has 1 heterocycles. The molecule has 0 bridgehead atoms. The van der Waals surface area contributed by atoms with Crippen molar-refractivity contribution in [1.29, 1.82) is 0 Å². The van der Waals surface area contributed by atoms with Crippen molar-refractivity contribution in [3.05, 3.63) is 29.3 Å². The van der Waals surface area contributed by atoms with Crippen LogP contribution < -0.4 is 15.5 Å². The minimum atomic E-state index is -3.59. The molecule has 0 spiro atoms. The summed E-state index contributed by atoms with van der Waals surface area (Å²) >= 11 is 5.88. The van der Waals surface area contributed by atoms with Gasteiger partial charge in [0.1, 0.15) is 0 Å². The Hall–Kier alpha value is -1.68. The molecule has 10 heteroatoms. The number of carbonyl (C=O) groups excluding carboxylic acids is 2. The van der Waals surface area contributed by atoms with Gasteiger partial charge in [-0.2, -0.15) is 4.31 Å². The van der Waals surface area contributed by atoms with Crippen LogP contribution in [0.25, 0.3) is 0 Å². The Kier molecular flexibility index (Phi) is 7.39. The molecular weight excluding hydrogens is 380 g/mol. The van der Waals surface area contributed by atoms with Crippen molar-refractivity contribution in [1.82, 2.24) is 14.9 Å². The van der Waals surface area contributed by atoms with Crippen LogP contribution >= 0.6 is 11.6 Å². The van der Waals surface area contributed by atoms with Gasteiger partial charge in [0.05, 0.1) is 31.1 Å². The first-order chi connectivity index (χ1) is 12.3. The highest BCUT2D eigenvalue weighted by molar-refractivity contribution is 7.89. The van der Waals surface area contributed by atoms with E-state index in [4.69, 9.17) is 11.6 Å². The number of nitrogens with one attached hydrogen (secondary N) is 3. The summed E-state index contributed by atoms with van der Waals surface area (Å²) in [6.45, 7) is 4.15. The maximum absolute atomic E-state index is 12.6. The van der Waals surface area contributed by atoms with Crippen molar-refractivity contribution in [2.75, 3.05) is 39.3 Å². The first kappa shape index (κ1) is 20.6. The summed E-state index contributed by atoms with van der Waals surface area (Å²) in [6.07, 6.45) is 0.788. The lowest BCUT2D eigenvalue weighted by Gasteiger charge is -2.31. The summed E-state index contributed by atoms with van der Waals surface area (Å²) in [7, 11) is -3.59. The monoisotopic (exact) mass is 403 g/mol. The minimum absolute atomic E-state index is 0.130. The summed E-state index contributed by atoms with van der Waals surface area (Å²) in [6, 6.07) is 5.67. The average molecular weight is 404 g/mol. The zero-order chi connectivity index (χ0) is 19.2. The van der Waals surface area contributed by atoms with Gasteiger partial charge in [-0.05, 0) is 24.6 Å². The highest BCUT2D eigenvalue weighted by Gasteiger charge is 2.31. The molecule has 8 nitrogen and oxygen atoms in total. The Labute approximate surface area is 158 Å². The number of hydrogen-bond donors (Lipinski definition) is 3. The number of amides is 3. The van der Waals surface area contributed by atoms with E-state index in [1.165, 1.54) is 16.4 Å². The van der Waals surface area contributed by atoms with Crippen LogP contribution in [-0.4, -0.2) is 63.9 Å². The first-order valence-corrected chi connectivity index (χ1v) is 10.3. The summed E-state index contributed by atoms with van der Waals surface area (Å²) in [5.41, 5.74) is 0. The van der Waals surface area contributed by atoms with Crippen LogP contribution in [0.1, 0.15) is 13.3 Å². The predicted octanol–water partition coefficient (Wildman–Crippen LogP) is -0.535. The van der Waals surface area contributed by atoms with E-state index in [1.807, 2.05) is 6.92 Å². The Bertz CT molecular complexity index is 748. The first-order valence-electron chi connectivity index (χ1n) is 8.50. The van der Waals surface area contributed by atoms with Crippen molar-refractivity contribution in [3.8, 4) is 0 Å². The lowest BCUT2D eigenvalue weighted by atomic mass is 10.3. The SMILES string of the molecule is CCCNC(=O)NC(=O)C[NH+]1CCN(S(=O)(=O)c2cccc(Cl)c2)CC1. The molecule has 1 aromatic carbocycles. The number of urea groups is 1. The van der Waals surface area contributed by atoms with E-state index in [9.17, 15) is 18.0 Å². The van der Waals surface area contributed by atoms with E-state index >= 15 is 0 Å². The van der Waals surface area contributed by atoms with Gasteiger partial charge in [-0.15, -0.1) is 0 Å². The number of rotatable bonds is 6. The normalized spacial score (nSPS) is 16.2. The number of imide groups is 1. The molecule has 0 atom stereocenters. The van der Waals surface area contributed by atoms with E-state index in [0.29, 0.717) is 37.7 Å². The van der Waals surface area contributed by atoms with Gasteiger partial charge in [0.15, 0.2) is 6.54 Å². The van der Waals surface area contributed by atoms with Gasteiger partial charge in [-0.25, -0.2) is 13.2 Å². The molecule has 1 aliphatic rings. The number of sulfonamides is 1. The zero-order valence-corrected chi connectivity index (χ0v) is 16.2. The summed E-state index contributed by atoms with van der Waals surface area (Å²) in [5, 5.41) is 5.22. The third-order valence-electron chi connectivity index (χ3n) is 4.06. The van der Waals surface area contributed by atoms with E-state index in [2.05, 4.69) is 10.6 Å². The lowest BCUT2D eigenvalue weighted by Crippen LogP contribution is -3.15. The fourth-order valence-electron chi connectivity index (χ4n) is 2.68. The highest BCUT2D eigenvalue weighted by Crippen LogP contribution is 2.19. The molecule has 1 fully saturated rings. The van der Waals surface area contributed by atoms with Crippen molar-refractivity contribution in [3.63, 3.8) is 0 Å². The van der Waals surface area contributed by atoms with E-state index in [0.717, 1.165) is 11.3 Å². The fourth-order valence-corrected chi connectivity index (χ4v) is 4.42. The topological polar surface area (TPSA) is 100 Å². The Balaban J connectivity index is 1.85. The average Bonchev–Trinajstić information content (AvgIpc) is 2.60. The highest BCUT2D eigenvalue weighted by atomic mass is 35.5. The molecule has 144 valence electrons. The molecule has 2 rings (SSSR count). The molecule has 0 unspecified atom stereocenters. The van der Waals surface area contributed by atoms with Crippen LogP contribution in [0.4, 0.5) is 4.79 Å². The van der Waals surface area contributed by atoms with Crippen LogP contribution in [0.15, 0.2) is 29.2 Å². The molecule has 1 aromatic rings. The number of piperazine rings is 1. The van der Waals surface area contributed by atoms with Crippen LogP contribution in [0.5, 0.6) is 0 Å². The van der Waals surface area contributed by atoms with E-state index < -0.39 is 16.1 Å². The van der Waals surface area contributed by atoms with Crippen LogP contribution in [0.2, 0.25) is 5.02 Å². The second kappa shape index (κ2) is 9.31. The molecule has 1 saturated heterocycles. The molecule has 0 radical (unpaired) electrons. The molecule has 3 N–H and O–H groups in total. The third-order valence-corrected chi connectivity index (χ3v) is 6.19. The molecule has 1 aliphatic heterocycles. The van der Waals surface area contributed by atoms with Gasteiger partial charge < -0.3 is 10.2 Å². The van der Waals surface area contributed by atoms with Crippen LogP contribution in [-0.2, 0) is 14.8 Å². The number of nitrogens with zero attached hydrogens (tertiary/aromatic N) is 1. The number of carbonyl (C=O) groups is 2. The second-order valence-electron chi connectivity index (χ2n) is 6.09. The molecule has 0 saturated carbocycles. The van der Waals surface area contributed by atoms with Gasteiger partial charge in [-0.1, -0.05) is 24.6 Å². The summed E-state index contributed by atoms with van der Waals surface area (Å²) in [5.74, 6) is -0.375. The molecule has 3 amide bonds. The van der Waals surface area contributed by atoms with Gasteiger partial charge in [0, 0.05) is 11.6 Å². The van der Waals surface area contributed by atoms with Crippen molar-refractivity contribution in [2.24, 2.45) is 0 Å². The lowest BCUT2D eigenvalue weighted by molar-refractivity contribution is -0.895. The number of halogens is 1. The molecule has 0 aromatic heterocycles. The number of benzene rings is 1. The van der Waals surface area contributed by atoms with Crippen LogP contribution in [0.3, 0.4) is 0 Å². The predicted molar refractivity (Wildman–Crippen MR) is 97.6 cm³/mol. The Morgan fingerprint density at radius 1 is 1.27 bits per heavy atom. The largest absolute Gasteiger partial charge is 0.338 e. The zero-order valence-electron chi connectivity index (χ0n) is 14.6.